The number of likely N-dealkylation sites (N-methyl/N-ethyl adjacent to an activating group) is 1. The van der Waals surface area contributed by atoms with Gasteiger partial charge >= 0.3 is 0 Å². The zero-order valence-electron chi connectivity index (χ0n) is 15.8. The number of nitrogens with zero attached hydrogens (tertiary/aromatic N) is 3. The SMILES string of the molecule is CC(C)CNc1nc(Cl)ncc1CN(C)C(=O)C1(c2ccc(F)cc2)CC1. The van der Waals surface area contributed by atoms with Crippen LogP contribution in [-0.2, 0) is 16.8 Å². The smallest absolute Gasteiger partial charge is 0.233 e. The Morgan fingerprint density at radius 3 is 2.59 bits per heavy atom. The van der Waals surface area contributed by atoms with Crippen LogP contribution in [-0.4, -0.2) is 34.4 Å². The lowest BCUT2D eigenvalue weighted by molar-refractivity contribution is -0.133. The molecular formula is C20H24ClFN4O. The van der Waals surface area contributed by atoms with Crippen LogP contribution in [0.2, 0.25) is 5.28 Å². The molecule has 5 nitrogen and oxygen atoms in total. The molecule has 0 spiro atoms. The second-order valence-electron chi connectivity index (χ2n) is 7.54. The molecule has 7 heteroatoms. The molecule has 2 aromatic rings. The molecule has 3 rings (SSSR count). The van der Waals surface area contributed by atoms with Crippen LogP contribution in [0.4, 0.5) is 10.2 Å². The van der Waals surface area contributed by atoms with E-state index in [1.54, 1.807) is 30.3 Å². The van der Waals surface area contributed by atoms with Gasteiger partial charge in [-0.25, -0.2) is 14.4 Å². The van der Waals surface area contributed by atoms with Crippen molar-refractivity contribution in [2.75, 3.05) is 18.9 Å². The van der Waals surface area contributed by atoms with Gasteiger partial charge in [0.1, 0.15) is 11.6 Å². The summed E-state index contributed by atoms with van der Waals surface area (Å²) in [6, 6.07) is 6.22. The minimum atomic E-state index is -0.540. The van der Waals surface area contributed by atoms with E-state index in [1.807, 2.05) is 0 Å². The first-order valence-electron chi connectivity index (χ1n) is 9.09. The second kappa shape index (κ2) is 7.80. The number of carbonyl (C=O) groups excluding carboxylic acids is 1. The number of benzene rings is 1. The van der Waals surface area contributed by atoms with Crippen molar-refractivity contribution >= 4 is 23.3 Å². The number of nitrogens with one attached hydrogen (secondary N) is 1. The third-order valence-electron chi connectivity index (χ3n) is 4.82. The molecule has 0 bridgehead atoms. The number of amides is 1. The number of rotatable bonds is 7. The lowest BCUT2D eigenvalue weighted by Gasteiger charge is -2.25. The average Bonchev–Trinajstić information content (AvgIpc) is 3.43. The van der Waals surface area contributed by atoms with Crippen LogP contribution in [0.25, 0.3) is 0 Å². The minimum absolute atomic E-state index is 0.0267. The number of halogens is 2. The first-order chi connectivity index (χ1) is 12.8. The molecule has 144 valence electrons. The Kier molecular flexibility index (Phi) is 5.65. The number of aromatic nitrogens is 2. The van der Waals surface area contributed by atoms with Gasteiger partial charge in [0.25, 0.3) is 0 Å². The van der Waals surface area contributed by atoms with E-state index in [9.17, 15) is 9.18 Å². The molecule has 1 N–H and O–H groups in total. The summed E-state index contributed by atoms with van der Waals surface area (Å²) in [5.74, 6) is 0.822. The average molecular weight is 391 g/mol. The van der Waals surface area contributed by atoms with Crippen molar-refractivity contribution in [3.63, 3.8) is 0 Å². The third kappa shape index (κ3) is 4.38. The van der Waals surface area contributed by atoms with E-state index in [0.717, 1.165) is 30.5 Å². The Morgan fingerprint density at radius 1 is 1.33 bits per heavy atom. The zero-order chi connectivity index (χ0) is 19.6. The maximum absolute atomic E-state index is 13.2. The van der Waals surface area contributed by atoms with Gasteiger partial charge in [0.15, 0.2) is 0 Å². The lowest BCUT2D eigenvalue weighted by atomic mass is 9.94. The van der Waals surface area contributed by atoms with Crippen LogP contribution >= 0.6 is 11.6 Å². The lowest BCUT2D eigenvalue weighted by Crippen LogP contribution is -2.36. The maximum Gasteiger partial charge on any atom is 0.233 e. The van der Waals surface area contributed by atoms with Crippen molar-refractivity contribution in [3.05, 3.63) is 52.7 Å². The van der Waals surface area contributed by atoms with Gasteiger partial charge in [-0.05, 0) is 48.1 Å². The third-order valence-corrected chi connectivity index (χ3v) is 5.01. The topological polar surface area (TPSA) is 58.1 Å². The number of anilines is 1. The van der Waals surface area contributed by atoms with E-state index < -0.39 is 5.41 Å². The standard InChI is InChI=1S/C20H24ClFN4O/c1-13(2)10-23-17-14(11-24-19(21)25-17)12-26(3)18(27)20(8-9-20)15-4-6-16(22)7-5-15/h4-7,11,13H,8-10,12H2,1-3H3,(H,23,24,25). The van der Waals surface area contributed by atoms with Gasteiger partial charge in [-0.15, -0.1) is 0 Å². The van der Waals surface area contributed by atoms with Crippen LogP contribution in [0.3, 0.4) is 0 Å². The molecule has 1 heterocycles. The van der Waals surface area contributed by atoms with Crippen LogP contribution in [0.15, 0.2) is 30.5 Å². The van der Waals surface area contributed by atoms with Crippen LogP contribution in [0, 0.1) is 11.7 Å². The van der Waals surface area contributed by atoms with Crippen molar-refractivity contribution in [1.82, 2.24) is 14.9 Å². The summed E-state index contributed by atoms with van der Waals surface area (Å²) >= 11 is 5.93. The highest BCUT2D eigenvalue weighted by Crippen LogP contribution is 2.49. The predicted molar refractivity (Wildman–Crippen MR) is 104 cm³/mol. The largest absolute Gasteiger partial charge is 0.369 e. The molecule has 1 amide bonds. The van der Waals surface area contributed by atoms with Crippen molar-refractivity contribution in [2.45, 2.75) is 38.6 Å². The summed E-state index contributed by atoms with van der Waals surface area (Å²) in [7, 11) is 1.77. The fourth-order valence-corrected chi connectivity index (χ4v) is 3.30. The fourth-order valence-electron chi connectivity index (χ4n) is 3.17. The summed E-state index contributed by atoms with van der Waals surface area (Å²) in [4.78, 5) is 23.1. The zero-order valence-corrected chi connectivity index (χ0v) is 16.6. The van der Waals surface area contributed by atoms with Crippen LogP contribution in [0.5, 0.6) is 0 Å². The van der Waals surface area contributed by atoms with Crippen molar-refractivity contribution in [2.24, 2.45) is 5.92 Å². The number of hydrogen-bond acceptors (Lipinski definition) is 4. The predicted octanol–water partition coefficient (Wildman–Crippen LogP) is 4.03. The summed E-state index contributed by atoms with van der Waals surface area (Å²) in [5, 5.41) is 3.45. The Bertz CT molecular complexity index is 821. The highest BCUT2D eigenvalue weighted by atomic mass is 35.5. The number of carbonyl (C=O) groups is 1. The Labute approximate surface area is 164 Å². The molecule has 0 atom stereocenters. The molecule has 1 aromatic heterocycles. The Morgan fingerprint density at radius 2 is 2.00 bits per heavy atom. The molecular weight excluding hydrogens is 367 g/mol. The van der Waals surface area contributed by atoms with Gasteiger partial charge in [-0.2, -0.15) is 0 Å². The molecule has 1 aromatic carbocycles. The minimum Gasteiger partial charge on any atom is -0.369 e. The molecule has 0 aliphatic heterocycles. The van der Waals surface area contributed by atoms with Gasteiger partial charge in [0, 0.05) is 25.4 Å². The normalized spacial score (nSPS) is 14.9. The van der Waals surface area contributed by atoms with E-state index in [2.05, 4.69) is 29.1 Å². The van der Waals surface area contributed by atoms with Crippen molar-refractivity contribution in [3.8, 4) is 0 Å². The molecule has 0 unspecified atom stereocenters. The first kappa shape index (κ1) is 19.5. The molecule has 1 fully saturated rings. The van der Waals surface area contributed by atoms with Gasteiger partial charge in [0.2, 0.25) is 11.2 Å². The molecule has 0 saturated heterocycles. The van der Waals surface area contributed by atoms with E-state index in [1.165, 1.54) is 12.1 Å². The Balaban J connectivity index is 1.76. The molecule has 27 heavy (non-hydrogen) atoms. The second-order valence-corrected chi connectivity index (χ2v) is 7.88. The molecule has 1 aliphatic carbocycles. The highest BCUT2D eigenvalue weighted by molar-refractivity contribution is 6.28. The fraction of sp³-hybridized carbons (Fsp3) is 0.450. The van der Waals surface area contributed by atoms with E-state index in [0.29, 0.717) is 18.3 Å². The van der Waals surface area contributed by atoms with Crippen molar-refractivity contribution in [1.29, 1.82) is 0 Å². The van der Waals surface area contributed by atoms with Gasteiger partial charge in [-0.3, -0.25) is 4.79 Å². The molecule has 0 radical (unpaired) electrons. The van der Waals surface area contributed by atoms with Crippen molar-refractivity contribution < 1.29 is 9.18 Å². The maximum atomic E-state index is 13.2. The van der Waals surface area contributed by atoms with Gasteiger partial charge < -0.3 is 10.2 Å². The quantitative estimate of drug-likeness (QED) is 0.725. The summed E-state index contributed by atoms with van der Waals surface area (Å²) in [6.45, 7) is 5.33. The van der Waals surface area contributed by atoms with Crippen LogP contribution in [0.1, 0.15) is 37.8 Å². The molecule has 1 aliphatic rings. The van der Waals surface area contributed by atoms with E-state index in [-0.39, 0.29) is 17.0 Å². The van der Waals surface area contributed by atoms with E-state index >= 15 is 0 Å². The van der Waals surface area contributed by atoms with Gasteiger partial charge in [-0.1, -0.05) is 26.0 Å². The monoisotopic (exact) mass is 390 g/mol. The summed E-state index contributed by atoms with van der Waals surface area (Å²) in [5.41, 5.74) is 1.14. The highest BCUT2D eigenvalue weighted by Gasteiger charge is 2.52. The van der Waals surface area contributed by atoms with Crippen LogP contribution < -0.4 is 5.32 Å². The summed E-state index contributed by atoms with van der Waals surface area (Å²) < 4.78 is 13.2. The first-order valence-corrected chi connectivity index (χ1v) is 9.46. The molecule has 1 saturated carbocycles. The Hall–Kier alpha value is -2.21. The van der Waals surface area contributed by atoms with Gasteiger partial charge in [0.05, 0.1) is 12.0 Å². The van der Waals surface area contributed by atoms with E-state index in [4.69, 9.17) is 11.6 Å². The summed E-state index contributed by atoms with van der Waals surface area (Å²) in [6.07, 6.45) is 3.20. The number of hydrogen-bond donors (Lipinski definition) is 1.